The molecule has 1 atom stereocenters. The summed E-state index contributed by atoms with van der Waals surface area (Å²) < 4.78 is 4.98. The molecule has 1 unspecified atom stereocenters. The van der Waals surface area contributed by atoms with Crippen LogP contribution in [0.5, 0.6) is 0 Å². The number of amides is 4. The number of ether oxygens (including phenoxy) is 1. The number of nitrogens with one attached hydrogen (secondary N) is 2. The summed E-state index contributed by atoms with van der Waals surface area (Å²) in [5, 5.41) is 5.34. The summed E-state index contributed by atoms with van der Waals surface area (Å²) in [6.45, 7) is 3.79. The summed E-state index contributed by atoms with van der Waals surface area (Å²) >= 11 is 11.8. The van der Waals surface area contributed by atoms with Crippen LogP contribution in [-0.2, 0) is 19.1 Å². The Balaban J connectivity index is 1.94. The molecule has 8 nitrogen and oxygen atoms in total. The standard InChI is InChI=1S/C16H17Cl2N3O5/c1-8(13(23)19-10-6-4-5-9(17)12(10)18)26-11(22)7-21-14(24)16(2,3)20-15(21)25/h4-6,8H,7H2,1-3H3,(H,19,23)(H,20,25). The predicted molar refractivity (Wildman–Crippen MR) is 95.0 cm³/mol. The van der Waals surface area contributed by atoms with Gasteiger partial charge in [0.15, 0.2) is 6.10 Å². The van der Waals surface area contributed by atoms with Gasteiger partial charge in [0.1, 0.15) is 12.1 Å². The molecule has 2 rings (SSSR count). The normalized spacial score (nSPS) is 16.9. The van der Waals surface area contributed by atoms with Gasteiger partial charge in [0.2, 0.25) is 0 Å². The molecule has 2 N–H and O–H groups in total. The van der Waals surface area contributed by atoms with E-state index in [0.717, 1.165) is 4.90 Å². The van der Waals surface area contributed by atoms with Crippen LogP contribution in [0, 0.1) is 0 Å². The average Bonchev–Trinajstić information content (AvgIpc) is 2.73. The first-order chi connectivity index (χ1) is 12.0. The highest BCUT2D eigenvalue weighted by Crippen LogP contribution is 2.29. The lowest BCUT2D eigenvalue weighted by atomic mass is 10.1. The van der Waals surface area contributed by atoms with Crippen molar-refractivity contribution in [1.29, 1.82) is 0 Å². The van der Waals surface area contributed by atoms with Gasteiger partial charge in [-0.3, -0.25) is 19.3 Å². The topological polar surface area (TPSA) is 105 Å². The minimum absolute atomic E-state index is 0.155. The number of carbonyl (C=O) groups excluding carboxylic acids is 4. The van der Waals surface area contributed by atoms with Gasteiger partial charge in [0, 0.05) is 0 Å². The molecule has 0 saturated carbocycles. The molecule has 0 spiro atoms. The number of urea groups is 1. The molecule has 0 aromatic heterocycles. The fraction of sp³-hybridized carbons (Fsp3) is 0.375. The molecule has 0 bridgehead atoms. The van der Waals surface area contributed by atoms with Gasteiger partial charge in [-0.15, -0.1) is 0 Å². The Morgan fingerprint density at radius 1 is 1.31 bits per heavy atom. The van der Waals surface area contributed by atoms with Crippen LogP contribution in [-0.4, -0.2) is 46.9 Å². The first kappa shape index (κ1) is 20.0. The molecule has 1 heterocycles. The SMILES string of the molecule is CC(OC(=O)CN1C(=O)NC(C)(C)C1=O)C(=O)Nc1cccc(Cl)c1Cl. The maximum atomic E-state index is 12.1. The highest BCUT2D eigenvalue weighted by molar-refractivity contribution is 6.44. The number of carbonyl (C=O) groups is 4. The van der Waals surface area contributed by atoms with Crippen LogP contribution in [0.1, 0.15) is 20.8 Å². The van der Waals surface area contributed by atoms with Gasteiger partial charge in [-0.05, 0) is 32.9 Å². The highest BCUT2D eigenvalue weighted by Gasteiger charge is 2.45. The molecule has 4 amide bonds. The molecule has 1 aliphatic rings. The van der Waals surface area contributed by atoms with E-state index in [0.29, 0.717) is 0 Å². The predicted octanol–water partition coefficient (Wildman–Crippen LogP) is 2.19. The lowest BCUT2D eigenvalue weighted by molar-refractivity contribution is -0.155. The summed E-state index contributed by atoms with van der Waals surface area (Å²) in [6.07, 6.45) is -1.17. The zero-order chi connectivity index (χ0) is 19.6. The van der Waals surface area contributed by atoms with E-state index in [2.05, 4.69) is 10.6 Å². The smallest absolute Gasteiger partial charge is 0.327 e. The lowest BCUT2D eigenvalue weighted by Gasteiger charge is -2.17. The number of hydrogen-bond acceptors (Lipinski definition) is 5. The Labute approximate surface area is 159 Å². The van der Waals surface area contributed by atoms with Crippen molar-refractivity contribution in [1.82, 2.24) is 10.2 Å². The number of halogens is 2. The molecule has 0 radical (unpaired) electrons. The first-order valence-electron chi connectivity index (χ1n) is 7.61. The molecular formula is C16H17Cl2N3O5. The Bertz CT molecular complexity index is 781. The minimum atomic E-state index is -1.17. The Morgan fingerprint density at radius 2 is 1.96 bits per heavy atom. The molecule has 1 fully saturated rings. The van der Waals surface area contributed by atoms with Gasteiger partial charge < -0.3 is 15.4 Å². The van der Waals surface area contributed by atoms with Crippen molar-refractivity contribution in [3.05, 3.63) is 28.2 Å². The summed E-state index contributed by atoms with van der Waals surface area (Å²) in [5.74, 6) is -2.09. The van der Waals surface area contributed by atoms with Gasteiger partial charge in [-0.25, -0.2) is 4.79 Å². The molecule has 10 heteroatoms. The Kier molecular flexibility index (Phi) is 5.77. The summed E-state index contributed by atoms with van der Waals surface area (Å²) in [4.78, 5) is 48.6. The summed E-state index contributed by atoms with van der Waals surface area (Å²) in [5.41, 5.74) is -0.827. The number of rotatable bonds is 5. The molecule has 1 aromatic rings. The monoisotopic (exact) mass is 401 g/mol. The van der Waals surface area contributed by atoms with Gasteiger partial charge in [0.25, 0.3) is 11.8 Å². The fourth-order valence-corrected chi connectivity index (χ4v) is 2.56. The van der Waals surface area contributed by atoms with E-state index in [9.17, 15) is 19.2 Å². The second-order valence-electron chi connectivity index (χ2n) is 6.17. The Hall–Kier alpha value is -2.32. The zero-order valence-corrected chi connectivity index (χ0v) is 15.8. The molecule has 1 aliphatic heterocycles. The van der Waals surface area contributed by atoms with Crippen LogP contribution in [0.2, 0.25) is 10.0 Å². The van der Waals surface area contributed by atoms with Crippen molar-refractivity contribution < 1.29 is 23.9 Å². The number of benzene rings is 1. The number of esters is 1. The van der Waals surface area contributed by atoms with E-state index in [4.69, 9.17) is 27.9 Å². The average molecular weight is 402 g/mol. The number of nitrogens with zero attached hydrogens (tertiary/aromatic N) is 1. The zero-order valence-electron chi connectivity index (χ0n) is 14.3. The third-order valence-electron chi connectivity index (χ3n) is 3.62. The van der Waals surface area contributed by atoms with Crippen LogP contribution in [0.15, 0.2) is 18.2 Å². The number of anilines is 1. The van der Waals surface area contributed by atoms with Gasteiger partial charge in [-0.1, -0.05) is 29.3 Å². The van der Waals surface area contributed by atoms with E-state index in [1.54, 1.807) is 12.1 Å². The maximum absolute atomic E-state index is 12.1. The first-order valence-corrected chi connectivity index (χ1v) is 8.37. The van der Waals surface area contributed by atoms with Gasteiger partial charge >= 0.3 is 12.0 Å². The summed E-state index contributed by atoms with van der Waals surface area (Å²) in [6, 6.07) is 4.00. The molecule has 1 saturated heterocycles. The van der Waals surface area contributed by atoms with Crippen LogP contribution >= 0.6 is 23.2 Å². The van der Waals surface area contributed by atoms with Crippen molar-refractivity contribution in [3.63, 3.8) is 0 Å². The van der Waals surface area contributed by atoms with E-state index >= 15 is 0 Å². The van der Waals surface area contributed by atoms with Crippen molar-refractivity contribution in [2.24, 2.45) is 0 Å². The lowest BCUT2D eigenvalue weighted by Crippen LogP contribution is -2.42. The van der Waals surface area contributed by atoms with Crippen molar-refractivity contribution in [2.45, 2.75) is 32.4 Å². The molecular weight excluding hydrogens is 385 g/mol. The number of hydrogen-bond donors (Lipinski definition) is 2. The van der Waals surface area contributed by atoms with Crippen molar-refractivity contribution in [3.8, 4) is 0 Å². The summed E-state index contributed by atoms with van der Waals surface area (Å²) in [7, 11) is 0. The molecule has 1 aromatic carbocycles. The molecule has 0 aliphatic carbocycles. The van der Waals surface area contributed by atoms with E-state index in [1.165, 1.54) is 26.8 Å². The second kappa shape index (κ2) is 7.51. The second-order valence-corrected chi connectivity index (χ2v) is 6.95. The fourth-order valence-electron chi connectivity index (χ4n) is 2.21. The van der Waals surface area contributed by atoms with E-state index in [1.807, 2.05) is 0 Å². The molecule has 140 valence electrons. The van der Waals surface area contributed by atoms with Crippen molar-refractivity contribution >= 4 is 52.7 Å². The van der Waals surface area contributed by atoms with Crippen LogP contribution in [0.3, 0.4) is 0 Å². The van der Waals surface area contributed by atoms with E-state index in [-0.39, 0.29) is 15.7 Å². The van der Waals surface area contributed by atoms with Crippen LogP contribution in [0.25, 0.3) is 0 Å². The van der Waals surface area contributed by atoms with Gasteiger partial charge in [-0.2, -0.15) is 0 Å². The van der Waals surface area contributed by atoms with Gasteiger partial charge in [0.05, 0.1) is 15.7 Å². The third-order valence-corrected chi connectivity index (χ3v) is 4.44. The van der Waals surface area contributed by atoms with Crippen molar-refractivity contribution in [2.75, 3.05) is 11.9 Å². The maximum Gasteiger partial charge on any atom is 0.327 e. The van der Waals surface area contributed by atoms with Crippen LogP contribution in [0.4, 0.5) is 10.5 Å². The Morgan fingerprint density at radius 3 is 2.54 bits per heavy atom. The van der Waals surface area contributed by atoms with Crippen LogP contribution < -0.4 is 10.6 Å². The number of imide groups is 1. The molecule has 26 heavy (non-hydrogen) atoms. The highest BCUT2D eigenvalue weighted by atomic mass is 35.5. The minimum Gasteiger partial charge on any atom is -0.451 e. The van der Waals surface area contributed by atoms with E-state index < -0.39 is 42.0 Å². The largest absolute Gasteiger partial charge is 0.451 e. The quantitative estimate of drug-likeness (QED) is 0.581. The third kappa shape index (κ3) is 4.25.